The van der Waals surface area contributed by atoms with Gasteiger partial charge in [-0.15, -0.1) is 11.8 Å². The molecule has 3 nitrogen and oxygen atoms in total. The summed E-state index contributed by atoms with van der Waals surface area (Å²) in [4.78, 5) is 15.8. The Kier molecular flexibility index (Phi) is 7.44. The van der Waals surface area contributed by atoms with E-state index >= 15 is 0 Å². The van der Waals surface area contributed by atoms with Crippen LogP contribution in [0.15, 0.2) is 29.2 Å². The number of hydrogen-bond donors (Lipinski definition) is 1. The Morgan fingerprint density at radius 2 is 1.96 bits per heavy atom. The van der Waals surface area contributed by atoms with Gasteiger partial charge in [0.25, 0.3) is 0 Å². The summed E-state index contributed by atoms with van der Waals surface area (Å²) in [5.41, 5.74) is 1.25. The molecule has 128 valence electrons. The minimum atomic E-state index is -0.0476. The van der Waals surface area contributed by atoms with Crippen molar-refractivity contribution in [3.05, 3.63) is 29.8 Å². The predicted molar refractivity (Wildman–Crippen MR) is 99.0 cm³/mol. The first-order chi connectivity index (χ1) is 11.0. The maximum atomic E-state index is 12.2. The molecule has 1 aliphatic rings. The van der Waals surface area contributed by atoms with Crippen molar-refractivity contribution in [1.29, 1.82) is 0 Å². The molecule has 0 spiro atoms. The lowest BCUT2D eigenvalue weighted by Gasteiger charge is -2.30. The van der Waals surface area contributed by atoms with E-state index in [0.29, 0.717) is 0 Å². The van der Waals surface area contributed by atoms with Gasteiger partial charge in [0, 0.05) is 11.4 Å². The maximum absolute atomic E-state index is 12.2. The van der Waals surface area contributed by atoms with Crippen molar-refractivity contribution in [3.63, 3.8) is 0 Å². The van der Waals surface area contributed by atoms with E-state index in [0.717, 1.165) is 30.3 Å². The fourth-order valence-electron chi connectivity index (χ4n) is 2.82. The molecule has 4 heteroatoms. The maximum Gasteiger partial charge on any atom is 0.233 e. The number of nitrogens with one attached hydrogen (secondary N) is 1. The summed E-state index contributed by atoms with van der Waals surface area (Å²) in [7, 11) is 0. The Balaban J connectivity index is 1.61. The first-order valence-corrected chi connectivity index (χ1v) is 9.66. The SMILES string of the molecule is Cc1ccc(SC(C)C(=O)NCCCN2CCC(C)CC2)cc1. The number of nitrogens with zero attached hydrogens (tertiary/aromatic N) is 1. The largest absolute Gasteiger partial charge is 0.355 e. The van der Waals surface area contributed by atoms with Gasteiger partial charge in [0.2, 0.25) is 5.91 Å². The average Bonchev–Trinajstić information content (AvgIpc) is 2.55. The van der Waals surface area contributed by atoms with E-state index in [9.17, 15) is 4.79 Å². The Labute approximate surface area is 145 Å². The molecule has 0 bridgehead atoms. The van der Waals surface area contributed by atoms with E-state index in [-0.39, 0.29) is 11.2 Å². The third kappa shape index (κ3) is 6.56. The highest BCUT2D eigenvalue weighted by atomic mass is 32.2. The van der Waals surface area contributed by atoms with Crippen LogP contribution in [0.25, 0.3) is 0 Å². The quantitative estimate of drug-likeness (QED) is 0.609. The lowest BCUT2D eigenvalue weighted by Crippen LogP contribution is -2.36. The van der Waals surface area contributed by atoms with Gasteiger partial charge < -0.3 is 10.2 Å². The smallest absolute Gasteiger partial charge is 0.233 e. The molecule has 1 aromatic rings. The zero-order valence-corrected chi connectivity index (χ0v) is 15.5. The lowest BCUT2D eigenvalue weighted by molar-refractivity contribution is -0.120. The molecule has 1 fully saturated rings. The van der Waals surface area contributed by atoms with Gasteiger partial charge in [-0.05, 0) is 70.8 Å². The summed E-state index contributed by atoms with van der Waals surface area (Å²) in [6.45, 7) is 10.7. The van der Waals surface area contributed by atoms with Crippen LogP contribution in [-0.2, 0) is 4.79 Å². The van der Waals surface area contributed by atoms with Crippen LogP contribution in [-0.4, -0.2) is 42.2 Å². The van der Waals surface area contributed by atoms with Crippen LogP contribution in [0, 0.1) is 12.8 Å². The number of piperidine rings is 1. The molecule has 0 radical (unpaired) electrons. The standard InChI is InChI=1S/C19H30N2OS/c1-15-5-7-18(8-6-15)23-17(3)19(22)20-11-4-12-21-13-9-16(2)10-14-21/h5-8,16-17H,4,9-14H2,1-3H3,(H,20,22). The summed E-state index contributed by atoms with van der Waals surface area (Å²) in [6.07, 6.45) is 3.68. The van der Waals surface area contributed by atoms with Crippen LogP contribution >= 0.6 is 11.8 Å². The van der Waals surface area contributed by atoms with E-state index in [2.05, 4.69) is 48.3 Å². The van der Waals surface area contributed by atoms with Crippen LogP contribution in [0.3, 0.4) is 0 Å². The van der Waals surface area contributed by atoms with Crippen LogP contribution in [0.4, 0.5) is 0 Å². The van der Waals surface area contributed by atoms with Crippen LogP contribution in [0.5, 0.6) is 0 Å². The van der Waals surface area contributed by atoms with Gasteiger partial charge in [-0.1, -0.05) is 24.6 Å². The van der Waals surface area contributed by atoms with Gasteiger partial charge in [-0.3, -0.25) is 4.79 Å². The summed E-state index contributed by atoms with van der Waals surface area (Å²) in [5.74, 6) is 1.02. The van der Waals surface area contributed by atoms with Gasteiger partial charge in [-0.2, -0.15) is 0 Å². The number of aryl methyl sites for hydroxylation is 1. The molecule has 1 aromatic carbocycles. The molecule has 23 heavy (non-hydrogen) atoms. The highest BCUT2D eigenvalue weighted by molar-refractivity contribution is 8.00. The highest BCUT2D eigenvalue weighted by Gasteiger charge is 2.16. The molecule has 1 N–H and O–H groups in total. The van der Waals surface area contributed by atoms with E-state index < -0.39 is 0 Å². The second kappa shape index (κ2) is 9.33. The molecule has 0 aliphatic carbocycles. The molecule has 0 saturated carbocycles. The second-order valence-corrected chi connectivity index (χ2v) is 8.16. The Hall–Kier alpha value is -1.00. The fourth-order valence-corrected chi connectivity index (χ4v) is 3.71. The monoisotopic (exact) mass is 334 g/mol. The molecule has 1 aliphatic heterocycles. The Morgan fingerprint density at radius 1 is 1.30 bits per heavy atom. The van der Waals surface area contributed by atoms with Crippen LogP contribution in [0.1, 0.15) is 38.7 Å². The summed E-state index contributed by atoms with van der Waals surface area (Å²) >= 11 is 1.62. The summed E-state index contributed by atoms with van der Waals surface area (Å²) in [6, 6.07) is 8.35. The average molecular weight is 335 g/mol. The fraction of sp³-hybridized carbons (Fsp3) is 0.632. The number of hydrogen-bond acceptors (Lipinski definition) is 3. The molecular weight excluding hydrogens is 304 g/mol. The molecule has 1 amide bonds. The summed E-state index contributed by atoms with van der Waals surface area (Å²) in [5, 5.41) is 3.03. The van der Waals surface area contributed by atoms with Gasteiger partial charge >= 0.3 is 0 Å². The van der Waals surface area contributed by atoms with E-state index in [1.807, 2.05) is 6.92 Å². The molecule has 0 aromatic heterocycles. The molecule has 1 heterocycles. The van der Waals surface area contributed by atoms with Crippen LogP contribution < -0.4 is 5.32 Å². The third-order valence-corrected chi connectivity index (χ3v) is 5.64. The number of thioether (sulfide) groups is 1. The van der Waals surface area contributed by atoms with Crippen molar-refractivity contribution < 1.29 is 4.79 Å². The third-order valence-electron chi connectivity index (χ3n) is 4.53. The normalized spacial score (nSPS) is 17.9. The lowest BCUT2D eigenvalue weighted by atomic mass is 9.99. The Morgan fingerprint density at radius 3 is 2.61 bits per heavy atom. The van der Waals surface area contributed by atoms with Crippen molar-refractivity contribution in [2.45, 2.75) is 50.2 Å². The number of rotatable bonds is 7. The number of carbonyl (C=O) groups excluding carboxylic acids is 1. The number of benzene rings is 1. The van der Waals surface area contributed by atoms with E-state index in [4.69, 9.17) is 0 Å². The number of carbonyl (C=O) groups is 1. The van der Waals surface area contributed by atoms with Gasteiger partial charge in [0.1, 0.15) is 0 Å². The molecule has 1 unspecified atom stereocenters. The molecule has 1 atom stereocenters. The van der Waals surface area contributed by atoms with Gasteiger partial charge in [-0.25, -0.2) is 0 Å². The zero-order valence-electron chi connectivity index (χ0n) is 14.7. The van der Waals surface area contributed by atoms with Crippen LogP contribution in [0.2, 0.25) is 0 Å². The number of likely N-dealkylation sites (tertiary alicyclic amines) is 1. The van der Waals surface area contributed by atoms with Crippen molar-refractivity contribution in [3.8, 4) is 0 Å². The van der Waals surface area contributed by atoms with Gasteiger partial charge in [0.05, 0.1) is 5.25 Å². The summed E-state index contributed by atoms with van der Waals surface area (Å²) < 4.78 is 0. The minimum Gasteiger partial charge on any atom is -0.355 e. The highest BCUT2D eigenvalue weighted by Crippen LogP contribution is 2.23. The van der Waals surface area contributed by atoms with Gasteiger partial charge in [0.15, 0.2) is 0 Å². The van der Waals surface area contributed by atoms with Crippen molar-refractivity contribution >= 4 is 17.7 Å². The molecule has 1 saturated heterocycles. The topological polar surface area (TPSA) is 32.3 Å². The molecule has 2 rings (SSSR count). The van der Waals surface area contributed by atoms with Crippen molar-refractivity contribution in [1.82, 2.24) is 10.2 Å². The van der Waals surface area contributed by atoms with Crippen molar-refractivity contribution in [2.75, 3.05) is 26.2 Å². The first-order valence-electron chi connectivity index (χ1n) is 8.78. The number of amides is 1. The first kappa shape index (κ1) is 18.3. The Bertz CT molecular complexity index is 481. The second-order valence-electron chi connectivity index (χ2n) is 6.74. The van der Waals surface area contributed by atoms with E-state index in [1.165, 1.54) is 31.5 Å². The van der Waals surface area contributed by atoms with E-state index in [1.54, 1.807) is 11.8 Å². The molecular formula is C19H30N2OS. The zero-order chi connectivity index (χ0) is 16.7. The van der Waals surface area contributed by atoms with Crippen molar-refractivity contribution in [2.24, 2.45) is 5.92 Å². The predicted octanol–water partition coefficient (Wildman–Crippen LogP) is 3.71. The minimum absolute atomic E-state index is 0.0476.